The summed E-state index contributed by atoms with van der Waals surface area (Å²) >= 11 is 0. The van der Waals surface area contributed by atoms with Gasteiger partial charge in [-0.15, -0.1) is 5.10 Å². The average molecular weight is 327 g/mol. The molecule has 4 heterocycles. The number of rotatable bonds is 5. The number of likely N-dealkylation sites (tertiary alicyclic amines) is 1. The molecule has 0 radical (unpaired) electrons. The van der Waals surface area contributed by atoms with Crippen LogP contribution in [0.1, 0.15) is 19.3 Å². The largest absolute Gasteiger partial charge is 0.381 e. The zero-order chi connectivity index (χ0) is 16.2. The van der Waals surface area contributed by atoms with E-state index < -0.39 is 0 Å². The van der Waals surface area contributed by atoms with Gasteiger partial charge in [-0.2, -0.15) is 0 Å². The van der Waals surface area contributed by atoms with Crippen molar-refractivity contribution in [3.8, 4) is 11.4 Å². The molecule has 0 aromatic carbocycles. The van der Waals surface area contributed by atoms with E-state index >= 15 is 0 Å². The lowest BCUT2D eigenvalue weighted by Crippen LogP contribution is -2.38. The van der Waals surface area contributed by atoms with Gasteiger partial charge < -0.3 is 9.64 Å². The fraction of sp³-hybridized carbons (Fsp3) is 0.611. The van der Waals surface area contributed by atoms with Gasteiger partial charge in [-0.3, -0.25) is 9.67 Å². The van der Waals surface area contributed by atoms with Crippen LogP contribution in [0.25, 0.3) is 11.4 Å². The van der Waals surface area contributed by atoms with Crippen LogP contribution in [-0.2, 0) is 11.3 Å². The van der Waals surface area contributed by atoms with E-state index in [0.29, 0.717) is 5.92 Å². The van der Waals surface area contributed by atoms with E-state index in [1.54, 1.807) is 6.20 Å². The van der Waals surface area contributed by atoms with Gasteiger partial charge in [-0.1, -0.05) is 11.3 Å². The highest BCUT2D eigenvalue weighted by Crippen LogP contribution is 2.22. The van der Waals surface area contributed by atoms with Crippen molar-refractivity contribution >= 4 is 0 Å². The van der Waals surface area contributed by atoms with E-state index in [1.807, 2.05) is 29.1 Å². The molecule has 2 aromatic rings. The minimum absolute atomic E-state index is 0.694. The van der Waals surface area contributed by atoms with Crippen molar-refractivity contribution in [1.29, 1.82) is 0 Å². The van der Waals surface area contributed by atoms with Crippen molar-refractivity contribution in [3.05, 3.63) is 30.6 Å². The Morgan fingerprint density at radius 1 is 1.04 bits per heavy atom. The van der Waals surface area contributed by atoms with Crippen LogP contribution in [0.15, 0.2) is 30.6 Å². The third kappa shape index (κ3) is 3.82. The number of aromatic nitrogens is 4. The first-order valence-corrected chi connectivity index (χ1v) is 8.98. The van der Waals surface area contributed by atoms with E-state index in [0.717, 1.165) is 37.1 Å². The summed E-state index contributed by atoms with van der Waals surface area (Å²) in [5.74, 6) is 1.44. The molecule has 0 amide bonds. The first-order chi connectivity index (χ1) is 11.9. The molecule has 0 bridgehead atoms. The Balaban J connectivity index is 1.27. The van der Waals surface area contributed by atoms with Crippen LogP contribution >= 0.6 is 0 Å². The maximum absolute atomic E-state index is 5.49. The zero-order valence-corrected chi connectivity index (χ0v) is 14.0. The molecule has 2 aliphatic heterocycles. The van der Waals surface area contributed by atoms with Gasteiger partial charge in [0.05, 0.1) is 18.5 Å². The van der Waals surface area contributed by atoms with E-state index in [-0.39, 0.29) is 0 Å². The van der Waals surface area contributed by atoms with Crippen molar-refractivity contribution in [2.24, 2.45) is 11.8 Å². The number of pyridine rings is 1. The fourth-order valence-electron chi connectivity index (χ4n) is 3.73. The lowest BCUT2D eigenvalue weighted by molar-refractivity contribution is 0.134. The second-order valence-corrected chi connectivity index (χ2v) is 7.01. The topological polar surface area (TPSA) is 56.1 Å². The molecule has 128 valence electrons. The van der Waals surface area contributed by atoms with Crippen molar-refractivity contribution in [3.63, 3.8) is 0 Å². The van der Waals surface area contributed by atoms with Gasteiger partial charge in [0, 0.05) is 25.9 Å². The second-order valence-electron chi connectivity index (χ2n) is 7.01. The maximum atomic E-state index is 5.49. The Morgan fingerprint density at radius 3 is 2.71 bits per heavy atom. The molecule has 0 saturated carbocycles. The van der Waals surface area contributed by atoms with Crippen LogP contribution in [0.4, 0.5) is 0 Å². The molecule has 0 aliphatic carbocycles. The van der Waals surface area contributed by atoms with E-state index in [2.05, 4.69) is 20.2 Å². The molecular weight excluding hydrogens is 302 g/mol. The molecule has 6 heteroatoms. The number of hydrogen-bond acceptors (Lipinski definition) is 5. The highest BCUT2D eigenvalue weighted by Gasteiger charge is 2.24. The van der Waals surface area contributed by atoms with Crippen LogP contribution in [0.5, 0.6) is 0 Å². The summed E-state index contributed by atoms with van der Waals surface area (Å²) in [7, 11) is 0. The van der Waals surface area contributed by atoms with Crippen LogP contribution in [0.2, 0.25) is 0 Å². The van der Waals surface area contributed by atoms with Crippen LogP contribution in [-0.4, -0.2) is 57.7 Å². The van der Waals surface area contributed by atoms with Gasteiger partial charge in [-0.05, 0) is 56.3 Å². The van der Waals surface area contributed by atoms with Gasteiger partial charge >= 0.3 is 0 Å². The van der Waals surface area contributed by atoms with Crippen molar-refractivity contribution in [2.45, 2.75) is 25.8 Å². The predicted octanol–water partition coefficient (Wildman–Crippen LogP) is 2.09. The quantitative estimate of drug-likeness (QED) is 0.842. The Hall–Kier alpha value is -1.79. The monoisotopic (exact) mass is 327 g/mol. The van der Waals surface area contributed by atoms with Gasteiger partial charge in [0.15, 0.2) is 0 Å². The zero-order valence-electron chi connectivity index (χ0n) is 14.0. The van der Waals surface area contributed by atoms with Gasteiger partial charge in [0.25, 0.3) is 0 Å². The normalized spacial score (nSPS) is 22.9. The van der Waals surface area contributed by atoms with Crippen LogP contribution in [0.3, 0.4) is 0 Å². The van der Waals surface area contributed by atoms with Crippen LogP contribution in [0, 0.1) is 11.8 Å². The molecule has 4 rings (SSSR count). The van der Waals surface area contributed by atoms with Crippen molar-refractivity contribution < 1.29 is 4.74 Å². The van der Waals surface area contributed by atoms with Crippen molar-refractivity contribution in [2.75, 3.05) is 32.8 Å². The van der Waals surface area contributed by atoms with Crippen LogP contribution < -0.4 is 0 Å². The lowest BCUT2D eigenvalue weighted by atomic mass is 9.96. The Bertz CT molecular complexity index is 630. The summed E-state index contributed by atoms with van der Waals surface area (Å²) in [5.41, 5.74) is 1.74. The Kier molecular flexibility index (Phi) is 4.85. The molecule has 6 nitrogen and oxygen atoms in total. The minimum Gasteiger partial charge on any atom is -0.381 e. The summed E-state index contributed by atoms with van der Waals surface area (Å²) in [6, 6.07) is 5.87. The molecule has 1 unspecified atom stereocenters. The standard InChI is InChI=1S/C18H25N5O/c1-2-7-19-17(3-1)18-13-23(21-20-18)12-15-4-8-22(9-5-15)11-16-6-10-24-14-16/h1-3,7,13,15-16H,4-6,8-12,14H2. The fourth-order valence-corrected chi connectivity index (χ4v) is 3.73. The summed E-state index contributed by atoms with van der Waals surface area (Å²) in [6.45, 7) is 6.47. The third-order valence-corrected chi connectivity index (χ3v) is 5.16. The molecule has 0 spiro atoms. The second kappa shape index (κ2) is 7.40. The smallest absolute Gasteiger partial charge is 0.131 e. The van der Waals surface area contributed by atoms with Gasteiger partial charge in [-0.25, -0.2) is 0 Å². The molecule has 2 aliphatic rings. The summed E-state index contributed by atoms with van der Waals surface area (Å²) in [6.07, 6.45) is 7.53. The van der Waals surface area contributed by atoms with E-state index in [1.165, 1.54) is 38.9 Å². The number of ether oxygens (including phenoxy) is 1. The molecule has 24 heavy (non-hydrogen) atoms. The molecule has 0 N–H and O–H groups in total. The first kappa shape index (κ1) is 15.7. The summed E-state index contributed by atoms with van der Waals surface area (Å²) in [4.78, 5) is 6.94. The lowest BCUT2D eigenvalue weighted by Gasteiger charge is -2.33. The number of piperidine rings is 1. The molecule has 2 aromatic heterocycles. The van der Waals surface area contributed by atoms with Crippen molar-refractivity contribution in [1.82, 2.24) is 24.9 Å². The summed E-state index contributed by atoms with van der Waals surface area (Å²) in [5, 5.41) is 8.55. The molecule has 1 atom stereocenters. The highest BCUT2D eigenvalue weighted by atomic mass is 16.5. The maximum Gasteiger partial charge on any atom is 0.131 e. The molecule has 2 saturated heterocycles. The minimum atomic E-state index is 0.694. The van der Waals surface area contributed by atoms with E-state index in [4.69, 9.17) is 4.74 Å². The van der Waals surface area contributed by atoms with E-state index in [9.17, 15) is 0 Å². The number of nitrogens with zero attached hydrogens (tertiary/aromatic N) is 5. The van der Waals surface area contributed by atoms with Gasteiger partial charge in [0.2, 0.25) is 0 Å². The average Bonchev–Trinajstić information content (AvgIpc) is 3.29. The molecule has 2 fully saturated rings. The van der Waals surface area contributed by atoms with Gasteiger partial charge in [0.1, 0.15) is 5.69 Å². The third-order valence-electron chi connectivity index (χ3n) is 5.16. The predicted molar refractivity (Wildman–Crippen MR) is 91.3 cm³/mol. The first-order valence-electron chi connectivity index (χ1n) is 8.98. The highest BCUT2D eigenvalue weighted by molar-refractivity contribution is 5.51. The Labute approximate surface area is 142 Å². The number of hydrogen-bond donors (Lipinski definition) is 0. The summed E-state index contributed by atoms with van der Waals surface area (Å²) < 4.78 is 7.47. The molecular formula is C18H25N5O. The SMILES string of the molecule is c1ccc(-c2cn(CC3CCN(CC4CCOC4)CC3)nn2)nc1. The Morgan fingerprint density at radius 2 is 1.96 bits per heavy atom.